The highest BCUT2D eigenvalue weighted by Crippen LogP contribution is 2.36. The van der Waals surface area contributed by atoms with Crippen LogP contribution in [-0.2, 0) is 0 Å². The van der Waals surface area contributed by atoms with Crippen molar-refractivity contribution in [3.63, 3.8) is 0 Å². The van der Waals surface area contributed by atoms with Gasteiger partial charge in [-0.25, -0.2) is 9.97 Å². The van der Waals surface area contributed by atoms with Gasteiger partial charge in [-0.1, -0.05) is 25.3 Å². The zero-order valence-electron chi connectivity index (χ0n) is 20.3. The van der Waals surface area contributed by atoms with E-state index in [1.807, 2.05) is 24.9 Å². The van der Waals surface area contributed by atoms with Crippen LogP contribution in [0.5, 0.6) is 0 Å². The van der Waals surface area contributed by atoms with Crippen molar-refractivity contribution in [3.8, 4) is 10.6 Å². The molecular formula is C24H35N7OS2. The molecule has 0 radical (unpaired) electrons. The Morgan fingerprint density at radius 2 is 2.06 bits per heavy atom. The highest BCUT2D eigenvalue weighted by atomic mass is 32.2. The third-order valence-electron chi connectivity index (χ3n) is 6.55. The second-order valence-electron chi connectivity index (χ2n) is 8.83. The van der Waals surface area contributed by atoms with Crippen molar-refractivity contribution in [1.82, 2.24) is 24.2 Å². The summed E-state index contributed by atoms with van der Waals surface area (Å²) in [6.07, 6.45) is 9.96. The van der Waals surface area contributed by atoms with Gasteiger partial charge in [-0.3, -0.25) is 9.29 Å². The summed E-state index contributed by atoms with van der Waals surface area (Å²) in [5.74, 6) is 2.38. The van der Waals surface area contributed by atoms with Crippen molar-refractivity contribution < 1.29 is 5.11 Å². The Kier molecular flexibility index (Phi) is 8.93. The molecule has 10 heteroatoms. The van der Waals surface area contributed by atoms with Gasteiger partial charge in [-0.05, 0) is 50.3 Å². The Labute approximate surface area is 210 Å². The highest BCUT2D eigenvalue weighted by Gasteiger charge is 2.21. The van der Waals surface area contributed by atoms with Crippen LogP contribution in [0.2, 0.25) is 0 Å². The normalized spacial score (nSPS) is 16.1. The Morgan fingerprint density at radius 3 is 2.76 bits per heavy atom. The Bertz CT molecular complexity index is 1030. The number of aliphatic hydroxyl groups excluding tert-OH is 1. The van der Waals surface area contributed by atoms with Gasteiger partial charge in [0.25, 0.3) is 0 Å². The molecule has 8 nitrogen and oxygen atoms in total. The summed E-state index contributed by atoms with van der Waals surface area (Å²) < 4.78 is 3.53. The maximum absolute atomic E-state index is 9.57. The van der Waals surface area contributed by atoms with Crippen LogP contribution >= 0.6 is 23.3 Å². The van der Waals surface area contributed by atoms with Gasteiger partial charge < -0.3 is 15.7 Å². The van der Waals surface area contributed by atoms with Crippen LogP contribution in [0.3, 0.4) is 0 Å². The molecule has 1 aliphatic rings. The number of thiazole rings is 1. The van der Waals surface area contributed by atoms with Crippen molar-refractivity contribution in [3.05, 3.63) is 24.2 Å². The number of aromatic nitrogens is 4. The van der Waals surface area contributed by atoms with Crippen LogP contribution in [0.4, 0.5) is 11.8 Å². The minimum absolute atomic E-state index is 0.209. The van der Waals surface area contributed by atoms with Gasteiger partial charge in [0.05, 0.1) is 22.2 Å². The van der Waals surface area contributed by atoms with Crippen molar-refractivity contribution in [2.45, 2.75) is 39.5 Å². The predicted octanol–water partition coefficient (Wildman–Crippen LogP) is 4.68. The predicted molar refractivity (Wildman–Crippen MR) is 143 cm³/mol. The van der Waals surface area contributed by atoms with Crippen LogP contribution in [0.25, 0.3) is 20.8 Å². The first-order valence-corrected chi connectivity index (χ1v) is 14.1. The standard InChI is InChI=1S/C24H35N7OS2/c1-4-17(15-32)5-10-26-22-21(23-29-19-14-25-9-6-20(19)34-23)16(2)28-24(30-22)27-13-18-7-11-31(33-3)12-8-18/h6,9,14,17-18,32H,4-5,7-8,10-13,15H2,1-3H3,(H2,26,27,28,30). The largest absolute Gasteiger partial charge is 0.396 e. The minimum Gasteiger partial charge on any atom is -0.396 e. The van der Waals surface area contributed by atoms with E-state index < -0.39 is 0 Å². The van der Waals surface area contributed by atoms with Gasteiger partial charge in [-0.2, -0.15) is 4.98 Å². The number of hydrogen-bond donors (Lipinski definition) is 3. The first-order chi connectivity index (χ1) is 16.6. The number of hydrogen-bond acceptors (Lipinski definition) is 10. The number of aliphatic hydroxyl groups is 1. The summed E-state index contributed by atoms with van der Waals surface area (Å²) in [6, 6.07) is 1.99. The Hall–Kier alpha value is -2.01. The number of pyridine rings is 1. The smallest absolute Gasteiger partial charge is 0.224 e. The molecule has 0 aromatic carbocycles. The van der Waals surface area contributed by atoms with Crippen molar-refractivity contribution >= 4 is 45.3 Å². The van der Waals surface area contributed by atoms with Crippen molar-refractivity contribution in [2.24, 2.45) is 11.8 Å². The number of anilines is 2. The van der Waals surface area contributed by atoms with Crippen LogP contribution in [0, 0.1) is 18.8 Å². The van der Waals surface area contributed by atoms with E-state index >= 15 is 0 Å². The molecular weight excluding hydrogens is 466 g/mol. The van der Waals surface area contributed by atoms with Crippen LogP contribution in [0.1, 0.15) is 38.3 Å². The van der Waals surface area contributed by atoms with Crippen LogP contribution in [-0.4, -0.2) is 68.4 Å². The van der Waals surface area contributed by atoms with Gasteiger partial charge in [0.1, 0.15) is 16.3 Å². The summed E-state index contributed by atoms with van der Waals surface area (Å²) in [5.41, 5.74) is 2.73. The van der Waals surface area contributed by atoms with E-state index in [1.165, 1.54) is 12.8 Å². The zero-order chi connectivity index (χ0) is 23.9. The molecule has 0 bridgehead atoms. The molecule has 1 aliphatic heterocycles. The second-order valence-corrected chi connectivity index (χ2v) is 10.7. The summed E-state index contributed by atoms with van der Waals surface area (Å²) in [5, 5.41) is 17.5. The molecule has 34 heavy (non-hydrogen) atoms. The molecule has 4 rings (SSSR count). The SMILES string of the molecule is CCC(CO)CCNc1nc(NCC2CCN(SC)CC2)nc(C)c1-c1nc2cnccc2s1. The summed E-state index contributed by atoms with van der Waals surface area (Å²) in [4.78, 5) is 18.7. The molecule has 0 saturated carbocycles. The number of nitrogens with zero attached hydrogens (tertiary/aromatic N) is 5. The van der Waals surface area contributed by atoms with Crippen molar-refractivity contribution in [2.75, 3.05) is 49.7 Å². The highest BCUT2D eigenvalue weighted by molar-refractivity contribution is 7.96. The van der Waals surface area contributed by atoms with E-state index in [2.05, 4.69) is 33.1 Å². The van der Waals surface area contributed by atoms with E-state index in [4.69, 9.17) is 15.0 Å². The van der Waals surface area contributed by atoms with E-state index in [9.17, 15) is 5.11 Å². The third-order valence-corrected chi connectivity index (χ3v) is 8.49. The lowest BCUT2D eigenvalue weighted by molar-refractivity contribution is 0.217. The van der Waals surface area contributed by atoms with Gasteiger partial charge in [0.2, 0.25) is 5.95 Å². The molecule has 1 unspecified atom stereocenters. The topological polar surface area (TPSA) is 99.1 Å². The molecule has 184 valence electrons. The van der Waals surface area contributed by atoms with Gasteiger partial charge >= 0.3 is 0 Å². The molecule has 3 aromatic heterocycles. The molecule has 1 fully saturated rings. The summed E-state index contributed by atoms with van der Waals surface area (Å²) >= 11 is 3.47. The first kappa shape index (κ1) is 25.1. The zero-order valence-corrected chi connectivity index (χ0v) is 21.9. The number of nitrogens with one attached hydrogen (secondary N) is 2. The molecule has 0 aliphatic carbocycles. The molecule has 1 atom stereocenters. The number of fused-ring (bicyclic) bond motifs is 1. The maximum atomic E-state index is 9.57. The second kappa shape index (κ2) is 12.1. The third kappa shape index (κ3) is 6.16. The van der Waals surface area contributed by atoms with Crippen LogP contribution in [0.15, 0.2) is 18.5 Å². The quantitative estimate of drug-likeness (QED) is 0.323. The summed E-state index contributed by atoms with van der Waals surface area (Å²) in [7, 11) is 0. The first-order valence-electron chi connectivity index (χ1n) is 12.1. The number of aryl methyl sites for hydroxylation is 1. The fourth-order valence-electron chi connectivity index (χ4n) is 4.27. The molecule has 3 N–H and O–H groups in total. The molecule has 1 saturated heterocycles. The van der Waals surface area contributed by atoms with Gasteiger partial charge in [0.15, 0.2) is 0 Å². The minimum atomic E-state index is 0.209. The number of rotatable bonds is 11. The van der Waals surface area contributed by atoms with E-state index in [0.717, 1.165) is 71.3 Å². The van der Waals surface area contributed by atoms with Gasteiger partial charge in [0, 0.05) is 39.0 Å². The average molecular weight is 502 g/mol. The molecule has 4 heterocycles. The van der Waals surface area contributed by atoms with Crippen LogP contribution < -0.4 is 10.6 Å². The lowest BCUT2D eigenvalue weighted by Crippen LogP contribution is -2.31. The van der Waals surface area contributed by atoms with E-state index in [0.29, 0.717) is 11.9 Å². The summed E-state index contributed by atoms with van der Waals surface area (Å²) in [6.45, 7) is 8.24. The monoisotopic (exact) mass is 501 g/mol. The van der Waals surface area contributed by atoms with Crippen molar-refractivity contribution in [1.29, 1.82) is 0 Å². The molecule has 0 amide bonds. The fourth-order valence-corrected chi connectivity index (χ4v) is 5.88. The van der Waals surface area contributed by atoms with E-state index in [1.54, 1.807) is 23.7 Å². The average Bonchev–Trinajstić information content (AvgIpc) is 3.29. The Morgan fingerprint density at radius 1 is 1.24 bits per heavy atom. The number of piperidine rings is 1. The maximum Gasteiger partial charge on any atom is 0.224 e. The lowest BCUT2D eigenvalue weighted by Gasteiger charge is -2.30. The molecule has 3 aromatic rings. The van der Waals surface area contributed by atoms with Gasteiger partial charge in [-0.15, -0.1) is 11.3 Å². The van der Waals surface area contributed by atoms with E-state index in [-0.39, 0.29) is 12.5 Å². The fraction of sp³-hybridized carbons (Fsp3) is 0.583. The lowest BCUT2D eigenvalue weighted by atomic mass is 9.98. The molecule has 0 spiro atoms. The Balaban J connectivity index is 1.54.